The number of nitrogens with one attached hydrogen (secondary N) is 1. The fourth-order valence-electron chi connectivity index (χ4n) is 1.08. The first-order chi connectivity index (χ1) is 6.33. The van der Waals surface area contributed by atoms with Crippen LogP contribution in [-0.2, 0) is 4.89 Å². The second kappa shape index (κ2) is 2.83. The van der Waals surface area contributed by atoms with Crippen LogP contribution in [0.25, 0.3) is 11.0 Å². The van der Waals surface area contributed by atoms with Crippen molar-refractivity contribution < 1.29 is 14.9 Å². The van der Waals surface area contributed by atoms with Gasteiger partial charge in [0.15, 0.2) is 0 Å². The normalized spacial score (nSPS) is 10.2. The Hall–Kier alpha value is -1.95. The van der Waals surface area contributed by atoms with Gasteiger partial charge in [0.05, 0.1) is 5.56 Å². The highest BCUT2D eigenvalue weighted by Crippen LogP contribution is 2.13. The zero-order valence-corrected chi connectivity index (χ0v) is 6.39. The molecule has 2 rings (SSSR count). The van der Waals surface area contributed by atoms with E-state index in [-0.39, 0.29) is 5.56 Å². The molecule has 0 unspecified atom stereocenters. The Balaban J connectivity index is 2.67. The minimum Gasteiger partial charge on any atom is -0.295 e. The smallest absolute Gasteiger partial charge is 0.295 e. The van der Waals surface area contributed by atoms with Gasteiger partial charge in [0, 0.05) is 0 Å². The molecular weight excluding hydrogens is 174 g/mol. The lowest BCUT2D eigenvalue weighted by Gasteiger charge is -1.95. The molecule has 1 aromatic carbocycles. The Morgan fingerprint density at radius 2 is 2.31 bits per heavy atom. The average molecular weight is 179 g/mol. The molecular formula is C7H5N3O3. The highest BCUT2D eigenvalue weighted by Gasteiger charge is 2.13. The molecule has 0 saturated carbocycles. The SMILES string of the molecule is O=C(OO)c1cccc2n[nH]nc12. The Morgan fingerprint density at radius 1 is 1.46 bits per heavy atom. The molecule has 0 spiro atoms. The van der Waals surface area contributed by atoms with Gasteiger partial charge in [0.25, 0.3) is 0 Å². The number of hydrogen-bond donors (Lipinski definition) is 2. The van der Waals surface area contributed by atoms with Gasteiger partial charge in [-0.3, -0.25) is 4.89 Å². The summed E-state index contributed by atoms with van der Waals surface area (Å²) in [4.78, 5) is 14.6. The molecule has 0 radical (unpaired) electrons. The van der Waals surface area contributed by atoms with Crippen LogP contribution in [0.15, 0.2) is 18.2 Å². The number of rotatable bonds is 1. The summed E-state index contributed by atoms with van der Waals surface area (Å²) in [5.41, 5.74) is 1.10. The number of aromatic amines is 1. The number of fused-ring (bicyclic) bond motifs is 1. The quantitative estimate of drug-likeness (QED) is 0.494. The van der Waals surface area contributed by atoms with Crippen LogP contribution in [0.5, 0.6) is 0 Å². The Kier molecular flexibility index (Phi) is 1.67. The predicted molar refractivity (Wildman–Crippen MR) is 41.9 cm³/mol. The lowest BCUT2D eigenvalue weighted by molar-refractivity contribution is -0.182. The summed E-state index contributed by atoms with van der Waals surface area (Å²) in [6, 6.07) is 4.80. The first-order valence-corrected chi connectivity index (χ1v) is 3.48. The summed E-state index contributed by atoms with van der Waals surface area (Å²) in [6.45, 7) is 0. The van der Waals surface area contributed by atoms with Crippen molar-refractivity contribution in [2.75, 3.05) is 0 Å². The Labute approximate surface area is 72.1 Å². The van der Waals surface area contributed by atoms with Crippen LogP contribution >= 0.6 is 0 Å². The summed E-state index contributed by atoms with van der Waals surface area (Å²) in [5, 5.41) is 18.1. The monoisotopic (exact) mass is 179 g/mol. The van der Waals surface area contributed by atoms with Crippen LogP contribution in [0.2, 0.25) is 0 Å². The van der Waals surface area contributed by atoms with Crippen LogP contribution in [0.1, 0.15) is 10.4 Å². The summed E-state index contributed by atoms with van der Waals surface area (Å²) in [7, 11) is 0. The number of nitrogens with zero attached hydrogens (tertiary/aromatic N) is 2. The molecule has 0 saturated heterocycles. The van der Waals surface area contributed by atoms with Crippen LogP contribution in [0.4, 0.5) is 0 Å². The van der Waals surface area contributed by atoms with E-state index >= 15 is 0 Å². The number of para-hydroxylation sites is 1. The van der Waals surface area contributed by atoms with Crippen molar-refractivity contribution in [3.05, 3.63) is 23.8 Å². The van der Waals surface area contributed by atoms with Gasteiger partial charge in [-0.15, -0.1) is 0 Å². The van der Waals surface area contributed by atoms with Crippen molar-refractivity contribution >= 4 is 17.0 Å². The maximum absolute atomic E-state index is 11.0. The van der Waals surface area contributed by atoms with Crippen molar-refractivity contribution in [1.29, 1.82) is 0 Å². The van der Waals surface area contributed by atoms with E-state index in [0.717, 1.165) is 0 Å². The molecule has 2 N–H and O–H groups in total. The van der Waals surface area contributed by atoms with Gasteiger partial charge in [0.1, 0.15) is 11.0 Å². The zero-order valence-electron chi connectivity index (χ0n) is 6.39. The van der Waals surface area contributed by atoms with E-state index in [1.54, 1.807) is 12.1 Å². The average Bonchev–Trinajstić information content (AvgIpc) is 2.63. The molecule has 1 heterocycles. The molecule has 6 heteroatoms. The van der Waals surface area contributed by atoms with Gasteiger partial charge < -0.3 is 0 Å². The van der Waals surface area contributed by atoms with Gasteiger partial charge >= 0.3 is 5.97 Å². The highest BCUT2D eigenvalue weighted by atomic mass is 17.1. The number of H-pyrrole nitrogens is 1. The largest absolute Gasteiger partial charge is 0.375 e. The van der Waals surface area contributed by atoms with E-state index < -0.39 is 5.97 Å². The van der Waals surface area contributed by atoms with Crippen molar-refractivity contribution in [3.63, 3.8) is 0 Å². The Morgan fingerprint density at radius 3 is 3.08 bits per heavy atom. The third-order valence-corrected chi connectivity index (χ3v) is 1.65. The van der Waals surface area contributed by atoms with E-state index in [0.29, 0.717) is 11.0 Å². The fraction of sp³-hybridized carbons (Fsp3) is 0. The second-order valence-electron chi connectivity index (χ2n) is 2.38. The van der Waals surface area contributed by atoms with Gasteiger partial charge in [-0.2, -0.15) is 20.7 Å². The number of aromatic nitrogens is 3. The van der Waals surface area contributed by atoms with Crippen LogP contribution < -0.4 is 0 Å². The minimum atomic E-state index is -0.848. The maximum atomic E-state index is 11.0. The van der Waals surface area contributed by atoms with Gasteiger partial charge in [0.2, 0.25) is 0 Å². The molecule has 0 aliphatic carbocycles. The zero-order chi connectivity index (χ0) is 9.26. The first-order valence-electron chi connectivity index (χ1n) is 3.48. The number of carbonyl (C=O) groups is 1. The minimum absolute atomic E-state index is 0.175. The van der Waals surface area contributed by atoms with E-state index in [4.69, 9.17) is 5.26 Å². The standard InChI is InChI=1S/C7H5N3O3/c11-7(13-12)4-2-1-3-5-6(4)9-10-8-5/h1-3,12H,(H,8,9,10). The first kappa shape index (κ1) is 7.69. The Bertz CT molecular complexity index is 451. The van der Waals surface area contributed by atoms with Crippen molar-refractivity contribution in [2.24, 2.45) is 0 Å². The van der Waals surface area contributed by atoms with Gasteiger partial charge in [-0.1, -0.05) is 6.07 Å². The fourth-order valence-corrected chi connectivity index (χ4v) is 1.08. The lowest BCUT2D eigenvalue weighted by atomic mass is 10.2. The molecule has 1 aromatic heterocycles. The molecule has 13 heavy (non-hydrogen) atoms. The van der Waals surface area contributed by atoms with E-state index in [1.807, 2.05) is 0 Å². The maximum Gasteiger partial charge on any atom is 0.375 e. The van der Waals surface area contributed by atoms with Gasteiger partial charge in [-0.25, -0.2) is 4.79 Å². The molecule has 0 aliphatic heterocycles. The topological polar surface area (TPSA) is 88.1 Å². The van der Waals surface area contributed by atoms with Crippen molar-refractivity contribution in [1.82, 2.24) is 15.4 Å². The van der Waals surface area contributed by atoms with Gasteiger partial charge in [-0.05, 0) is 12.1 Å². The van der Waals surface area contributed by atoms with E-state index in [2.05, 4.69) is 20.3 Å². The van der Waals surface area contributed by atoms with Crippen molar-refractivity contribution in [3.8, 4) is 0 Å². The molecule has 6 nitrogen and oxygen atoms in total. The third-order valence-electron chi connectivity index (χ3n) is 1.65. The molecule has 0 amide bonds. The van der Waals surface area contributed by atoms with Crippen molar-refractivity contribution in [2.45, 2.75) is 0 Å². The molecule has 0 aliphatic rings. The molecule has 0 fully saturated rings. The third kappa shape index (κ3) is 1.13. The van der Waals surface area contributed by atoms with Crippen LogP contribution in [-0.4, -0.2) is 26.6 Å². The van der Waals surface area contributed by atoms with Crippen LogP contribution in [0.3, 0.4) is 0 Å². The predicted octanol–water partition coefficient (Wildman–Crippen LogP) is 0.588. The number of hydrogen-bond acceptors (Lipinski definition) is 5. The highest BCUT2D eigenvalue weighted by molar-refractivity contribution is 6.01. The summed E-state index contributed by atoms with van der Waals surface area (Å²) < 4.78 is 0. The number of carbonyl (C=O) groups excluding carboxylic acids is 1. The lowest BCUT2D eigenvalue weighted by Crippen LogP contribution is -2.02. The summed E-state index contributed by atoms with van der Waals surface area (Å²) in [5.74, 6) is -0.848. The molecule has 2 aromatic rings. The number of benzene rings is 1. The summed E-state index contributed by atoms with van der Waals surface area (Å²) >= 11 is 0. The summed E-state index contributed by atoms with van der Waals surface area (Å²) in [6.07, 6.45) is 0. The van der Waals surface area contributed by atoms with E-state index in [1.165, 1.54) is 6.07 Å². The molecule has 66 valence electrons. The van der Waals surface area contributed by atoms with E-state index in [9.17, 15) is 4.79 Å². The van der Waals surface area contributed by atoms with Crippen LogP contribution in [0, 0.1) is 0 Å². The second-order valence-corrected chi connectivity index (χ2v) is 2.38. The molecule has 0 bridgehead atoms. The molecule has 0 atom stereocenters.